The third kappa shape index (κ3) is 4.37. The van der Waals surface area contributed by atoms with Crippen molar-refractivity contribution in [3.63, 3.8) is 0 Å². The SMILES string of the molecule is Cc1cc(C(=O)COc2ccc([N+](=O)[O-])cc2)c(C)n1C[C@@H]1COc2ccccc2O1. The molecule has 0 aliphatic carbocycles. The summed E-state index contributed by atoms with van der Waals surface area (Å²) in [6.45, 7) is 4.67. The molecular weight excluding hydrogens is 400 g/mol. The lowest BCUT2D eigenvalue weighted by atomic mass is 10.1. The summed E-state index contributed by atoms with van der Waals surface area (Å²) >= 11 is 0. The van der Waals surface area contributed by atoms with Crippen molar-refractivity contribution in [2.45, 2.75) is 26.5 Å². The minimum Gasteiger partial charge on any atom is -0.486 e. The number of nitrogens with zero attached hydrogens (tertiary/aromatic N) is 2. The molecule has 0 saturated heterocycles. The maximum Gasteiger partial charge on any atom is 0.269 e. The van der Waals surface area contributed by atoms with Crippen LogP contribution < -0.4 is 14.2 Å². The number of nitro benzene ring substituents is 1. The number of nitro groups is 1. The van der Waals surface area contributed by atoms with Crippen LogP contribution in [0.25, 0.3) is 0 Å². The summed E-state index contributed by atoms with van der Waals surface area (Å²) in [4.78, 5) is 23.0. The van der Waals surface area contributed by atoms with Crippen LogP contribution in [0, 0.1) is 24.0 Å². The van der Waals surface area contributed by atoms with E-state index in [1.165, 1.54) is 24.3 Å². The second-order valence-corrected chi connectivity index (χ2v) is 7.36. The Morgan fingerprint density at radius 1 is 1.16 bits per heavy atom. The molecule has 0 bridgehead atoms. The van der Waals surface area contributed by atoms with Crippen molar-refractivity contribution in [1.82, 2.24) is 4.57 Å². The fourth-order valence-corrected chi connectivity index (χ4v) is 3.61. The van der Waals surface area contributed by atoms with Gasteiger partial charge in [-0.05, 0) is 44.2 Å². The molecule has 0 amide bonds. The van der Waals surface area contributed by atoms with Crippen molar-refractivity contribution >= 4 is 11.5 Å². The molecule has 2 heterocycles. The molecule has 1 aromatic heterocycles. The summed E-state index contributed by atoms with van der Waals surface area (Å²) < 4.78 is 19.4. The largest absolute Gasteiger partial charge is 0.486 e. The maximum atomic E-state index is 12.7. The van der Waals surface area contributed by atoms with E-state index in [0.29, 0.717) is 30.2 Å². The fraction of sp³-hybridized carbons (Fsp3) is 0.261. The average molecular weight is 422 g/mol. The van der Waals surface area contributed by atoms with Gasteiger partial charge in [-0.15, -0.1) is 0 Å². The highest BCUT2D eigenvalue weighted by molar-refractivity contribution is 5.98. The van der Waals surface area contributed by atoms with Crippen LogP contribution in [0.5, 0.6) is 17.2 Å². The Hall–Kier alpha value is -3.81. The second-order valence-electron chi connectivity index (χ2n) is 7.36. The highest BCUT2D eigenvalue weighted by Gasteiger charge is 2.24. The molecule has 1 aliphatic rings. The predicted molar refractivity (Wildman–Crippen MR) is 113 cm³/mol. The monoisotopic (exact) mass is 422 g/mol. The van der Waals surface area contributed by atoms with Gasteiger partial charge in [-0.1, -0.05) is 12.1 Å². The van der Waals surface area contributed by atoms with E-state index >= 15 is 0 Å². The van der Waals surface area contributed by atoms with Crippen molar-refractivity contribution in [3.05, 3.63) is 81.7 Å². The van der Waals surface area contributed by atoms with Gasteiger partial charge in [-0.25, -0.2) is 0 Å². The van der Waals surface area contributed by atoms with E-state index in [2.05, 4.69) is 0 Å². The van der Waals surface area contributed by atoms with Crippen LogP contribution in [0.4, 0.5) is 5.69 Å². The van der Waals surface area contributed by atoms with Gasteiger partial charge >= 0.3 is 0 Å². The van der Waals surface area contributed by atoms with E-state index in [9.17, 15) is 14.9 Å². The zero-order valence-electron chi connectivity index (χ0n) is 17.2. The van der Waals surface area contributed by atoms with Gasteiger partial charge in [0.2, 0.25) is 5.78 Å². The Labute approximate surface area is 179 Å². The lowest BCUT2D eigenvalue weighted by Gasteiger charge is -2.27. The number of carbonyl (C=O) groups is 1. The van der Waals surface area contributed by atoms with Gasteiger partial charge in [0, 0.05) is 29.1 Å². The number of non-ortho nitro benzene ring substituents is 1. The molecule has 0 unspecified atom stereocenters. The molecular formula is C23H22N2O6. The van der Waals surface area contributed by atoms with E-state index in [-0.39, 0.29) is 24.2 Å². The zero-order valence-corrected chi connectivity index (χ0v) is 17.2. The highest BCUT2D eigenvalue weighted by atomic mass is 16.6. The smallest absolute Gasteiger partial charge is 0.269 e. The number of ketones is 1. The molecule has 2 aromatic carbocycles. The molecule has 8 heteroatoms. The van der Waals surface area contributed by atoms with Crippen molar-refractivity contribution in [2.24, 2.45) is 0 Å². The van der Waals surface area contributed by atoms with Gasteiger partial charge < -0.3 is 18.8 Å². The second kappa shape index (κ2) is 8.51. The molecule has 160 valence electrons. The van der Waals surface area contributed by atoms with Gasteiger partial charge in [-0.2, -0.15) is 0 Å². The minimum absolute atomic E-state index is 0.0289. The third-order valence-electron chi connectivity index (χ3n) is 5.25. The maximum absolute atomic E-state index is 12.7. The Bertz CT molecular complexity index is 1120. The molecule has 8 nitrogen and oxygen atoms in total. The van der Waals surface area contributed by atoms with Crippen LogP contribution in [0.3, 0.4) is 0 Å². The van der Waals surface area contributed by atoms with E-state index in [1.54, 1.807) is 0 Å². The molecule has 3 aromatic rings. The van der Waals surface area contributed by atoms with Crippen LogP contribution >= 0.6 is 0 Å². The number of hydrogen-bond acceptors (Lipinski definition) is 6. The van der Waals surface area contributed by atoms with Crippen molar-refractivity contribution in [1.29, 1.82) is 0 Å². The third-order valence-corrected chi connectivity index (χ3v) is 5.25. The Kier molecular flexibility index (Phi) is 5.62. The van der Waals surface area contributed by atoms with Crippen LogP contribution in [0.2, 0.25) is 0 Å². The quantitative estimate of drug-likeness (QED) is 0.323. The molecule has 0 fully saturated rings. The van der Waals surface area contributed by atoms with Gasteiger partial charge in [0.1, 0.15) is 12.4 Å². The van der Waals surface area contributed by atoms with Crippen molar-refractivity contribution in [2.75, 3.05) is 13.2 Å². The summed E-state index contributed by atoms with van der Waals surface area (Å²) in [5.74, 6) is 1.69. The van der Waals surface area contributed by atoms with E-state index in [0.717, 1.165) is 17.1 Å². The number of rotatable bonds is 7. The first-order valence-electron chi connectivity index (χ1n) is 9.88. The van der Waals surface area contributed by atoms with Crippen LogP contribution in [-0.2, 0) is 6.54 Å². The first-order valence-corrected chi connectivity index (χ1v) is 9.88. The van der Waals surface area contributed by atoms with Crippen LogP contribution in [-0.4, -0.2) is 34.6 Å². The van der Waals surface area contributed by atoms with Gasteiger partial charge in [0.05, 0.1) is 11.5 Å². The van der Waals surface area contributed by atoms with Crippen molar-refractivity contribution in [3.8, 4) is 17.2 Å². The predicted octanol–water partition coefficient (Wildman–Crippen LogP) is 4.11. The van der Waals surface area contributed by atoms with Gasteiger partial charge in [-0.3, -0.25) is 14.9 Å². The molecule has 0 spiro atoms. The molecule has 31 heavy (non-hydrogen) atoms. The molecule has 0 N–H and O–H groups in total. The first-order chi connectivity index (χ1) is 14.9. The van der Waals surface area contributed by atoms with Gasteiger partial charge in [0.15, 0.2) is 24.2 Å². The molecule has 1 atom stereocenters. The zero-order chi connectivity index (χ0) is 22.0. The Balaban J connectivity index is 1.41. The first kappa shape index (κ1) is 20.5. The Morgan fingerprint density at radius 2 is 1.87 bits per heavy atom. The summed E-state index contributed by atoms with van der Waals surface area (Å²) in [6.07, 6.45) is -0.168. The highest BCUT2D eigenvalue weighted by Crippen LogP contribution is 2.31. The molecule has 0 radical (unpaired) electrons. The number of aryl methyl sites for hydroxylation is 1. The molecule has 4 rings (SSSR count). The average Bonchev–Trinajstić information content (AvgIpc) is 3.06. The number of Topliss-reactive ketones (excluding diaryl/α,β-unsaturated/α-hetero) is 1. The summed E-state index contributed by atoms with van der Waals surface area (Å²) in [5, 5.41) is 10.7. The van der Waals surface area contributed by atoms with Crippen LogP contribution in [0.1, 0.15) is 21.7 Å². The number of para-hydroxylation sites is 2. The van der Waals surface area contributed by atoms with Crippen LogP contribution in [0.15, 0.2) is 54.6 Å². The number of benzene rings is 2. The van der Waals surface area contributed by atoms with E-state index in [1.807, 2.05) is 48.7 Å². The standard InChI is InChI=1S/C23H22N2O6/c1-15-11-20(21(26)14-29-18-9-7-17(8-10-18)25(27)28)16(2)24(15)12-19-13-30-22-5-3-4-6-23(22)31-19/h3-11,19H,12-14H2,1-2H3/t19-/m1/s1. The summed E-state index contributed by atoms with van der Waals surface area (Å²) in [7, 11) is 0. The normalized spacial score (nSPS) is 14.8. The number of carbonyl (C=O) groups excluding carboxylic acids is 1. The molecule has 0 saturated carbocycles. The van der Waals surface area contributed by atoms with Crippen molar-refractivity contribution < 1.29 is 23.9 Å². The summed E-state index contributed by atoms with van der Waals surface area (Å²) in [6, 6.07) is 15.0. The van der Waals surface area contributed by atoms with E-state index in [4.69, 9.17) is 14.2 Å². The number of aromatic nitrogens is 1. The summed E-state index contributed by atoms with van der Waals surface area (Å²) in [5.41, 5.74) is 2.33. The Morgan fingerprint density at radius 3 is 2.58 bits per heavy atom. The topological polar surface area (TPSA) is 92.8 Å². The molecule has 1 aliphatic heterocycles. The minimum atomic E-state index is -0.483. The van der Waals surface area contributed by atoms with E-state index < -0.39 is 4.92 Å². The number of hydrogen-bond donors (Lipinski definition) is 0. The number of ether oxygens (including phenoxy) is 3. The lowest BCUT2D eigenvalue weighted by Crippen LogP contribution is -2.33. The fourth-order valence-electron chi connectivity index (χ4n) is 3.61. The lowest BCUT2D eigenvalue weighted by molar-refractivity contribution is -0.384. The van der Waals surface area contributed by atoms with Gasteiger partial charge in [0.25, 0.3) is 5.69 Å². The number of fused-ring (bicyclic) bond motifs is 1.